The molecule has 0 aliphatic heterocycles. The van der Waals surface area contributed by atoms with Crippen LogP contribution in [0.5, 0.6) is 0 Å². The van der Waals surface area contributed by atoms with Crippen LogP contribution in [0.2, 0.25) is 0 Å². The molecule has 0 saturated heterocycles. The highest BCUT2D eigenvalue weighted by molar-refractivity contribution is 14.0. The van der Waals surface area contributed by atoms with Gasteiger partial charge in [0.05, 0.1) is 12.8 Å². The molecule has 8 heteroatoms. The van der Waals surface area contributed by atoms with E-state index in [0.717, 1.165) is 0 Å². The molecule has 0 bridgehead atoms. The van der Waals surface area contributed by atoms with Crippen LogP contribution in [-0.4, -0.2) is 30.2 Å². The molecule has 148 valence electrons. The normalized spacial score (nSPS) is 21.1. The van der Waals surface area contributed by atoms with Gasteiger partial charge in [0, 0.05) is 24.1 Å². The number of furan rings is 1. The molecule has 1 heterocycles. The molecule has 0 spiro atoms. The monoisotopic (exact) mass is 491 g/mol. The average Bonchev–Trinajstić information content (AvgIpc) is 3.10. The lowest BCUT2D eigenvalue weighted by Gasteiger charge is -2.19. The van der Waals surface area contributed by atoms with E-state index in [-0.39, 0.29) is 48.0 Å². The second-order valence-corrected chi connectivity index (χ2v) is 6.67. The SMILES string of the molecule is CCNC(=NCC(C)(O)c1ccco1)NC1CC1c1c(F)cccc1F.I. The largest absolute Gasteiger partial charge is 0.466 e. The van der Waals surface area contributed by atoms with Crippen molar-refractivity contribution in [3.05, 3.63) is 59.6 Å². The molecule has 3 atom stereocenters. The highest BCUT2D eigenvalue weighted by Gasteiger charge is 2.42. The zero-order valence-corrected chi connectivity index (χ0v) is 17.5. The summed E-state index contributed by atoms with van der Waals surface area (Å²) in [5.41, 5.74) is -1.13. The van der Waals surface area contributed by atoms with E-state index in [1.54, 1.807) is 19.1 Å². The van der Waals surface area contributed by atoms with Crippen molar-refractivity contribution in [1.82, 2.24) is 10.6 Å². The van der Waals surface area contributed by atoms with E-state index in [1.807, 2.05) is 6.92 Å². The van der Waals surface area contributed by atoms with Gasteiger partial charge in [-0.15, -0.1) is 24.0 Å². The van der Waals surface area contributed by atoms with Crippen LogP contribution in [0.15, 0.2) is 46.0 Å². The average molecular weight is 491 g/mol. The molecule has 3 unspecified atom stereocenters. The van der Waals surface area contributed by atoms with Gasteiger partial charge in [0.25, 0.3) is 0 Å². The third-order valence-electron chi connectivity index (χ3n) is 4.42. The van der Waals surface area contributed by atoms with Gasteiger partial charge in [-0.05, 0) is 44.5 Å². The van der Waals surface area contributed by atoms with E-state index in [1.165, 1.54) is 24.5 Å². The zero-order chi connectivity index (χ0) is 18.7. The minimum atomic E-state index is -1.24. The van der Waals surface area contributed by atoms with Crippen LogP contribution in [0.3, 0.4) is 0 Å². The Morgan fingerprint density at radius 3 is 2.59 bits per heavy atom. The fraction of sp³-hybridized carbons (Fsp3) is 0.421. The lowest BCUT2D eigenvalue weighted by atomic mass is 10.0. The molecule has 5 nitrogen and oxygen atoms in total. The molecule has 27 heavy (non-hydrogen) atoms. The minimum absolute atomic E-state index is 0. The zero-order valence-electron chi connectivity index (χ0n) is 15.2. The number of hydrogen-bond acceptors (Lipinski definition) is 3. The summed E-state index contributed by atoms with van der Waals surface area (Å²) in [6.45, 7) is 4.25. The van der Waals surface area contributed by atoms with Gasteiger partial charge in [-0.2, -0.15) is 0 Å². The van der Waals surface area contributed by atoms with Crippen LogP contribution in [0.1, 0.15) is 37.5 Å². The fourth-order valence-electron chi connectivity index (χ4n) is 2.93. The van der Waals surface area contributed by atoms with Crippen LogP contribution < -0.4 is 10.6 Å². The Bertz CT molecular complexity index is 761. The summed E-state index contributed by atoms with van der Waals surface area (Å²) < 4.78 is 33.1. The standard InChI is InChI=1S/C19H23F2N3O2.HI/c1-3-22-18(23-11-19(2,25)16-8-5-9-26-16)24-15-10-12(15)17-13(20)6-4-7-14(17)21;/h4-9,12,15,25H,3,10-11H2,1-2H3,(H2,22,23,24);1H. The maximum absolute atomic E-state index is 13.9. The van der Waals surface area contributed by atoms with E-state index < -0.39 is 17.2 Å². The number of guanidine groups is 1. The molecule has 1 saturated carbocycles. The summed E-state index contributed by atoms with van der Waals surface area (Å²) in [6.07, 6.45) is 2.12. The molecular formula is C19H24F2IN3O2. The predicted molar refractivity (Wildman–Crippen MR) is 110 cm³/mol. The third kappa shape index (κ3) is 5.19. The Kier molecular flexibility index (Phi) is 7.21. The number of nitrogens with one attached hydrogen (secondary N) is 2. The Balaban J connectivity index is 0.00000261. The van der Waals surface area contributed by atoms with Crippen LogP contribution in [-0.2, 0) is 5.60 Å². The van der Waals surface area contributed by atoms with Gasteiger partial charge >= 0.3 is 0 Å². The first-order valence-corrected chi connectivity index (χ1v) is 8.67. The Morgan fingerprint density at radius 2 is 2.00 bits per heavy atom. The van der Waals surface area contributed by atoms with Crippen LogP contribution >= 0.6 is 24.0 Å². The molecule has 1 aliphatic rings. The van der Waals surface area contributed by atoms with Gasteiger partial charge in [0.1, 0.15) is 23.0 Å². The van der Waals surface area contributed by atoms with Crippen molar-refractivity contribution in [1.29, 1.82) is 0 Å². The molecule has 2 aromatic rings. The van der Waals surface area contributed by atoms with Gasteiger partial charge in [-0.1, -0.05) is 6.07 Å². The molecule has 1 aromatic heterocycles. The lowest BCUT2D eigenvalue weighted by Crippen LogP contribution is -2.40. The number of benzene rings is 1. The van der Waals surface area contributed by atoms with Crippen molar-refractivity contribution >= 4 is 29.9 Å². The number of halogens is 3. The van der Waals surface area contributed by atoms with E-state index in [4.69, 9.17) is 4.42 Å². The van der Waals surface area contributed by atoms with Crippen molar-refractivity contribution in [3.8, 4) is 0 Å². The summed E-state index contributed by atoms with van der Waals surface area (Å²) in [7, 11) is 0. The quantitative estimate of drug-likeness (QED) is 0.329. The minimum Gasteiger partial charge on any atom is -0.466 e. The van der Waals surface area contributed by atoms with Gasteiger partial charge < -0.3 is 20.2 Å². The number of aliphatic hydroxyl groups is 1. The lowest BCUT2D eigenvalue weighted by molar-refractivity contribution is 0.0437. The molecule has 1 aliphatic carbocycles. The molecule has 1 aromatic carbocycles. The smallest absolute Gasteiger partial charge is 0.191 e. The number of hydrogen-bond donors (Lipinski definition) is 3. The second-order valence-electron chi connectivity index (χ2n) is 6.67. The number of nitrogens with zero attached hydrogens (tertiary/aromatic N) is 1. The van der Waals surface area contributed by atoms with Crippen molar-refractivity contribution in [2.45, 2.75) is 37.8 Å². The number of aliphatic imine (C=N–C) groups is 1. The van der Waals surface area contributed by atoms with E-state index in [9.17, 15) is 13.9 Å². The topological polar surface area (TPSA) is 69.8 Å². The fourth-order valence-corrected chi connectivity index (χ4v) is 2.93. The van der Waals surface area contributed by atoms with Crippen molar-refractivity contribution < 1.29 is 18.3 Å². The summed E-state index contributed by atoms with van der Waals surface area (Å²) in [6, 6.07) is 7.19. The van der Waals surface area contributed by atoms with Crippen molar-refractivity contribution in [2.75, 3.05) is 13.1 Å². The Labute approximate surface area is 174 Å². The molecule has 3 rings (SSSR count). The van der Waals surface area contributed by atoms with Gasteiger partial charge in [0.2, 0.25) is 0 Å². The predicted octanol–water partition coefficient (Wildman–Crippen LogP) is 3.49. The first-order valence-electron chi connectivity index (χ1n) is 8.67. The van der Waals surface area contributed by atoms with Gasteiger partial charge in [0.15, 0.2) is 5.96 Å². The molecular weight excluding hydrogens is 467 g/mol. The summed E-state index contributed by atoms with van der Waals surface area (Å²) in [5, 5.41) is 16.7. The second kappa shape index (κ2) is 9.01. The van der Waals surface area contributed by atoms with Crippen LogP contribution in [0.25, 0.3) is 0 Å². The highest BCUT2D eigenvalue weighted by Crippen LogP contribution is 2.43. The van der Waals surface area contributed by atoms with E-state index in [2.05, 4.69) is 15.6 Å². The first-order chi connectivity index (χ1) is 12.4. The van der Waals surface area contributed by atoms with E-state index in [0.29, 0.717) is 24.7 Å². The molecule has 0 radical (unpaired) electrons. The van der Waals surface area contributed by atoms with Crippen LogP contribution in [0, 0.1) is 11.6 Å². The maximum Gasteiger partial charge on any atom is 0.191 e. The van der Waals surface area contributed by atoms with Crippen molar-refractivity contribution in [2.24, 2.45) is 4.99 Å². The molecule has 3 N–H and O–H groups in total. The molecule has 0 amide bonds. The van der Waals surface area contributed by atoms with Crippen molar-refractivity contribution in [3.63, 3.8) is 0 Å². The summed E-state index contributed by atoms with van der Waals surface area (Å²) in [4.78, 5) is 4.39. The van der Waals surface area contributed by atoms with Crippen LogP contribution in [0.4, 0.5) is 8.78 Å². The first kappa shape index (κ1) is 21.6. The van der Waals surface area contributed by atoms with E-state index >= 15 is 0 Å². The maximum atomic E-state index is 13.9. The summed E-state index contributed by atoms with van der Waals surface area (Å²) in [5.74, 6) is -0.368. The van der Waals surface area contributed by atoms with Gasteiger partial charge in [-0.25, -0.2) is 13.8 Å². The highest BCUT2D eigenvalue weighted by atomic mass is 127. The Hall–Kier alpha value is -1.68. The summed E-state index contributed by atoms with van der Waals surface area (Å²) >= 11 is 0. The van der Waals surface area contributed by atoms with Gasteiger partial charge in [-0.3, -0.25) is 0 Å². The Morgan fingerprint density at radius 1 is 1.30 bits per heavy atom. The number of rotatable bonds is 6. The third-order valence-corrected chi connectivity index (χ3v) is 4.42. The molecule has 1 fully saturated rings.